The topological polar surface area (TPSA) is 73.6 Å². The van der Waals surface area contributed by atoms with Gasteiger partial charge in [-0.3, -0.25) is 4.79 Å². The smallest absolute Gasteiger partial charge is 0.251 e. The van der Waals surface area contributed by atoms with Gasteiger partial charge in [0.1, 0.15) is 17.3 Å². The highest BCUT2D eigenvalue weighted by Crippen LogP contribution is 2.16. The van der Waals surface area contributed by atoms with Crippen molar-refractivity contribution in [3.8, 4) is 0 Å². The zero-order valence-corrected chi connectivity index (χ0v) is 10.5. The van der Waals surface area contributed by atoms with Gasteiger partial charge in [0.25, 0.3) is 5.91 Å². The molecule has 0 saturated carbocycles. The summed E-state index contributed by atoms with van der Waals surface area (Å²) < 4.78 is 36.2. The van der Waals surface area contributed by atoms with Gasteiger partial charge >= 0.3 is 0 Å². The van der Waals surface area contributed by atoms with Gasteiger partial charge in [-0.25, -0.2) is 8.78 Å². The molecule has 0 aromatic heterocycles. The summed E-state index contributed by atoms with van der Waals surface area (Å²) in [6.07, 6.45) is 0. The fourth-order valence-electron chi connectivity index (χ4n) is 1.30. The molecule has 1 aromatic rings. The van der Waals surface area contributed by atoms with Crippen LogP contribution in [-0.4, -0.2) is 39.4 Å². The number of rotatable bonds is 7. The molecule has 0 aliphatic rings. The summed E-state index contributed by atoms with van der Waals surface area (Å²) >= 11 is 0. The summed E-state index contributed by atoms with van der Waals surface area (Å²) in [7, 11) is 1.55. The zero-order valence-electron chi connectivity index (χ0n) is 10.5. The van der Waals surface area contributed by atoms with Gasteiger partial charge in [0.15, 0.2) is 0 Å². The van der Waals surface area contributed by atoms with Crippen molar-refractivity contribution in [3.63, 3.8) is 0 Å². The number of methoxy groups -OCH3 is 1. The number of hydrogen-bond acceptors (Lipinski definition) is 4. The molecule has 0 aliphatic heterocycles. The van der Waals surface area contributed by atoms with Gasteiger partial charge in [-0.1, -0.05) is 0 Å². The lowest BCUT2D eigenvalue weighted by Crippen LogP contribution is -2.28. The summed E-state index contributed by atoms with van der Waals surface area (Å²) in [5.41, 5.74) is 4.38. The Labute approximate surface area is 109 Å². The summed E-state index contributed by atoms with van der Waals surface area (Å²) in [6.45, 7) is 1.39. The van der Waals surface area contributed by atoms with Crippen LogP contribution >= 0.6 is 0 Å². The van der Waals surface area contributed by atoms with Crippen LogP contribution in [0.2, 0.25) is 0 Å². The standard InChI is InChI=1S/C12H16F2N2O3/c1-18-4-5-19-3-2-16-12(17)8-6-9(13)11(15)10(14)7-8/h6-7H,2-5,15H2,1H3,(H,16,17). The number of nitrogens with one attached hydrogen (secondary N) is 1. The fourth-order valence-corrected chi connectivity index (χ4v) is 1.30. The van der Waals surface area contributed by atoms with Crippen molar-refractivity contribution in [2.24, 2.45) is 0 Å². The van der Waals surface area contributed by atoms with E-state index in [4.69, 9.17) is 15.2 Å². The van der Waals surface area contributed by atoms with Crippen LogP contribution in [0.3, 0.4) is 0 Å². The first-order chi connectivity index (χ1) is 9.06. The molecule has 5 nitrogen and oxygen atoms in total. The van der Waals surface area contributed by atoms with Gasteiger partial charge < -0.3 is 20.5 Å². The summed E-state index contributed by atoms with van der Waals surface area (Å²) in [5, 5.41) is 2.47. The summed E-state index contributed by atoms with van der Waals surface area (Å²) in [5.74, 6) is -2.50. The van der Waals surface area contributed by atoms with Crippen molar-refractivity contribution < 1.29 is 23.0 Å². The number of carbonyl (C=O) groups excluding carboxylic acids is 1. The number of benzene rings is 1. The highest BCUT2D eigenvalue weighted by Gasteiger charge is 2.12. The number of halogens is 2. The quantitative estimate of drug-likeness (QED) is 0.573. The van der Waals surface area contributed by atoms with Crippen molar-refractivity contribution >= 4 is 11.6 Å². The predicted octanol–water partition coefficient (Wildman–Crippen LogP) is 0.940. The van der Waals surface area contributed by atoms with Crippen molar-refractivity contribution in [3.05, 3.63) is 29.3 Å². The molecule has 7 heteroatoms. The van der Waals surface area contributed by atoms with Crippen LogP contribution in [0.25, 0.3) is 0 Å². The molecule has 0 bridgehead atoms. The first-order valence-electron chi connectivity index (χ1n) is 5.65. The molecule has 0 unspecified atom stereocenters. The average molecular weight is 274 g/mol. The molecule has 0 atom stereocenters. The molecule has 0 aliphatic carbocycles. The number of hydrogen-bond donors (Lipinski definition) is 2. The molecule has 19 heavy (non-hydrogen) atoms. The molecule has 1 aromatic carbocycles. The van der Waals surface area contributed by atoms with Crippen molar-refractivity contribution in [1.82, 2.24) is 5.32 Å². The first kappa shape index (κ1) is 15.3. The monoisotopic (exact) mass is 274 g/mol. The fraction of sp³-hybridized carbons (Fsp3) is 0.417. The van der Waals surface area contributed by atoms with E-state index in [-0.39, 0.29) is 18.7 Å². The molecule has 106 valence electrons. The summed E-state index contributed by atoms with van der Waals surface area (Å²) in [4.78, 5) is 11.6. The molecule has 0 radical (unpaired) electrons. The van der Waals surface area contributed by atoms with Crippen LogP contribution in [0.4, 0.5) is 14.5 Å². The third kappa shape index (κ3) is 4.80. The average Bonchev–Trinajstić information content (AvgIpc) is 2.39. The van der Waals surface area contributed by atoms with Crippen LogP contribution < -0.4 is 11.1 Å². The van der Waals surface area contributed by atoms with Gasteiger partial charge in [0, 0.05) is 19.2 Å². The Morgan fingerprint density at radius 2 is 1.89 bits per heavy atom. The minimum Gasteiger partial charge on any atom is -0.394 e. The number of nitrogen functional groups attached to an aromatic ring is 1. The Kier molecular flexibility index (Phi) is 6.17. The Morgan fingerprint density at radius 3 is 2.47 bits per heavy atom. The number of carbonyl (C=O) groups is 1. The van der Waals surface area contributed by atoms with Gasteiger partial charge in [0.2, 0.25) is 0 Å². The van der Waals surface area contributed by atoms with Crippen LogP contribution in [0.5, 0.6) is 0 Å². The van der Waals surface area contributed by atoms with E-state index in [0.29, 0.717) is 13.2 Å². The minimum absolute atomic E-state index is 0.124. The van der Waals surface area contributed by atoms with E-state index in [9.17, 15) is 13.6 Å². The van der Waals surface area contributed by atoms with E-state index < -0.39 is 23.2 Å². The van der Waals surface area contributed by atoms with Crippen molar-refractivity contribution in [1.29, 1.82) is 0 Å². The summed E-state index contributed by atoms with van der Waals surface area (Å²) in [6, 6.07) is 1.78. The number of ether oxygens (including phenoxy) is 2. The maximum atomic E-state index is 13.1. The highest BCUT2D eigenvalue weighted by atomic mass is 19.1. The Bertz CT molecular complexity index is 418. The second-order valence-electron chi connectivity index (χ2n) is 3.71. The van der Waals surface area contributed by atoms with Gasteiger partial charge in [0.05, 0.1) is 19.8 Å². The third-order valence-corrected chi connectivity index (χ3v) is 2.30. The SMILES string of the molecule is COCCOCCNC(=O)c1cc(F)c(N)c(F)c1. The van der Waals surface area contributed by atoms with E-state index in [1.807, 2.05) is 0 Å². The molecule has 0 saturated heterocycles. The first-order valence-corrected chi connectivity index (χ1v) is 5.65. The molecule has 0 fully saturated rings. The second-order valence-corrected chi connectivity index (χ2v) is 3.71. The minimum atomic E-state index is -0.957. The molecule has 3 N–H and O–H groups in total. The predicted molar refractivity (Wildman–Crippen MR) is 65.8 cm³/mol. The van der Waals surface area contributed by atoms with Crippen LogP contribution in [-0.2, 0) is 9.47 Å². The van der Waals surface area contributed by atoms with Gasteiger partial charge in [-0.15, -0.1) is 0 Å². The zero-order chi connectivity index (χ0) is 14.3. The third-order valence-electron chi connectivity index (χ3n) is 2.30. The van der Waals surface area contributed by atoms with Crippen LogP contribution in [0.1, 0.15) is 10.4 Å². The van der Waals surface area contributed by atoms with E-state index in [0.717, 1.165) is 12.1 Å². The molecule has 1 amide bonds. The largest absolute Gasteiger partial charge is 0.394 e. The Balaban J connectivity index is 2.42. The van der Waals surface area contributed by atoms with Crippen molar-refractivity contribution in [2.45, 2.75) is 0 Å². The van der Waals surface area contributed by atoms with Gasteiger partial charge in [-0.05, 0) is 12.1 Å². The highest BCUT2D eigenvalue weighted by molar-refractivity contribution is 5.94. The van der Waals surface area contributed by atoms with E-state index in [1.165, 1.54) is 0 Å². The normalized spacial score (nSPS) is 10.5. The van der Waals surface area contributed by atoms with Crippen molar-refractivity contribution in [2.75, 3.05) is 39.2 Å². The number of anilines is 1. The van der Waals surface area contributed by atoms with Crippen LogP contribution in [0, 0.1) is 11.6 Å². The van der Waals surface area contributed by atoms with E-state index in [2.05, 4.69) is 5.32 Å². The lowest BCUT2D eigenvalue weighted by molar-refractivity contribution is 0.0692. The Hall–Kier alpha value is -1.73. The van der Waals surface area contributed by atoms with E-state index in [1.54, 1.807) is 7.11 Å². The molecule has 0 spiro atoms. The number of amides is 1. The Morgan fingerprint density at radius 1 is 1.26 bits per heavy atom. The molecule has 0 heterocycles. The molecular formula is C12H16F2N2O3. The van der Waals surface area contributed by atoms with Crippen LogP contribution in [0.15, 0.2) is 12.1 Å². The second kappa shape index (κ2) is 7.65. The lowest BCUT2D eigenvalue weighted by Gasteiger charge is -2.07. The maximum absolute atomic E-state index is 13.1. The maximum Gasteiger partial charge on any atom is 0.251 e. The molecule has 1 rings (SSSR count). The molecular weight excluding hydrogens is 258 g/mol. The number of nitrogens with two attached hydrogens (primary N) is 1. The van der Waals surface area contributed by atoms with E-state index >= 15 is 0 Å². The lowest BCUT2D eigenvalue weighted by atomic mass is 10.1. The van der Waals surface area contributed by atoms with Gasteiger partial charge in [-0.2, -0.15) is 0 Å².